The van der Waals surface area contributed by atoms with Crippen LogP contribution in [0.1, 0.15) is 11.5 Å². The average molecular weight is 266 g/mol. The topological polar surface area (TPSA) is 63.8 Å². The van der Waals surface area contributed by atoms with Crippen molar-refractivity contribution in [3.05, 3.63) is 60.1 Å². The Balaban J connectivity index is 1.67. The van der Waals surface area contributed by atoms with Gasteiger partial charge in [-0.2, -0.15) is 4.98 Å². The monoisotopic (exact) mass is 266 g/mol. The molecule has 0 fully saturated rings. The van der Waals surface area contributed by atoms with E-state index in [1.54, 1.807) is 6.20 Å². The van der Waals surface area contributed by atoms with Crippen LogP contribution in [0.3, 0.4) is 0 Å². The van der Waals surface area contributed by atoms with Gasteiger partial charge >= 0.3 is 0 Å². The molecule has 2 heterocycles. The molecule has 0 aliphatic heterocycles. The lowest BCUT2D eigenvalue weighted by atomic mass is 10.2. The van der Waals surface area contributed by atoms with Crippen molar-refractivity contribution in [1.82, 2.24) is 15.1 Å². The van der Waals surface area contributed by atoms with Gasteiger partial charge in [-0.15, -0.1) is 0 Å². The molecule has 5 heteroatoms. The molecule has 0 amide bonds. The number of hydrogen-bond donors (Lipinski definition) is 1. The lowest BCUT2D eigenvalue weighted by Gasteiger charge is -2.02. The first-order chi connectivity index (χ1) is 9.81. The minimum absolute atomic E-state index is 0.489. The van der Waals surface area contributed by atoms with Gasteiger partial charge in [0, 0.05) is 11.9 Å². The molecule has 0 saturated carbocycles. The maximum Gasteiger partial charge on any atom is 0.246 e. The van der Waals surface area contributed by atoms with Crippen molar-refractivity contribution in [2.45, 2.75) is 13.5 Å². The van der Waals surface area contributed by atoms with Crippen LogP contribution in [0.15, 0.2) is 53.2 Å². The predicted octanol–water partition coefficient (Wildman–Crippen LogP) is 3.05. The first-order valence-corrected chi connectivity index (χ1v) is 6.36. The minimum Gasteiger partial charge on any atom is -0.376 e. The van der Waals surface area contributed by atoms with E-state index < -0.39 is 0 Å². The fourth-order valence-corrected chi connectivity index (χ4v) is 1.77. The van der Waals surface area contributed by atoms with Crippen LogP contribution in [0, 0.1) is 6.92 Å². The van der Waals surface area contributed by atoms with Crippen molar-refractivity contribution in [2.75, 3.05) is 5.32 Å². The van der Waals surface area contributed by atoms with Crippen molar-refractivity contribution < 1.29 is 4.52 Å². The molecule has 0 unspecified atom stereocenters. The molecule has 3 aromatic rings. The van der Waals surface area contributed by atoms with Gasteiger partial charge in [0.1, 0.15) is 5.69 Å². The van der Waals surface area contributed by atoms with E-state index in [4.69, 9.17) is 4.52 Å². The first kappa shape index (κ1) is 12.3. The fraction of sp³-hybridized carbons (Fsp3) is 0.133. The maximum atomic E-state index is 5.20. The lowest BCUT2D eigenvalue weighted by molar-refractivity contribution is 0.384. The third-order valence-corrected chi connectivity index (χ3v) is 2.86. The molecule has 20 heavy (non-hydrogen) atoms. The van der Waals surface area contributed by atoms with E-state index in [1.165, 1.54) is 5.56 Å². The summed E-state index contributed by atoms with van der Waals surface area (Å²) >= 11 is 0. The predicted molar refractivity (Wildman–Crippen MR) is 76.0 cm³/mol. The van der Waals surface area contributed by atoms with E-state index >= 15 is 0 Å². The molecular formula is C15H14N4O. The summed E-state index contributed by atoms with van der Waals surface area (Å²) in [6, 6.07) is 13.7. The van der Waals surface area contributed by atoms with Crippen LogP contribution in [-0.2, 0) is 6.54 Å². The number of nitrogens with zero attached hydrogens (tertiary/aromatic N) is 3. The second-order valence-corrected chi connectivity index (χ2v) is 4.45. The average Bonchev–Trinajstić information content (AvgIpc) is 2.97. The number of aryl methyl sites for hydroxylation is 1. The molecule has 3 rings (SSSR count). The van der Waals surface area contributed by atoms with E-state index in [0.29, 0.717) is 24.0 Å². The van der Waals surface area contributed by atoms with E-state index in [0.717, 1.165) is 5.69 Å². The molecule has 0 aliphatic carbocycles. The molecule has 5 nitrogen and oxygen atoms in total. The summed E-state index contributed by atoms with van der Waals surface area (Å²) in [6.45, 7) is 2.55. The van der Waals surface area contributed by atoms with Gasteiger partial charge < -0.3 is 9.84 Å². The third kappa shape index (κ3) is 2.83. The van der Waals surface area contributed by atoms with Crippen LogP contribution in [-0.4, -0.2) is 15.1 Å². The number of benzene rings is 1. The van der Waals surface area contributed by atoms with Crippen LogP contribution in [0.4, 0.5) is 5.69 Å². The van der Waals surface area contributed by atoms with Crippen molar-refractivity contribution >= 4 is 5.69 Å². The Morgan fingerprint density at radius 3 is 2.70 bits per heavy atom. The van der Waals surface area contributed by atoms with E-state index in [-0.39, 0.29) is 0 Å². The number of nitrogens with one attached hydrogen (secondary N) is 1. The smallest absolute Gasteiger partial charge is 0.246 e. The standard InChI is InChI=1S/C15H14N4O/c1-11-5-7-12(8-6-11)17-10-14-18-15(19-20-14)13-4-2-3-9-16-13/h2-9,17H,10H2,1H3. The Morgan fingerprint density at radius 1 is 1.10 bits per heavy atom. The molecule has 0 aliphatic rings. The molecule has 0 radical (unpaired) electrons. The van der Waals surface area contributed by atoms with Gasteiger partial charge in [-0.05, 0) is 31.2 Å². The lowest BCUT2D eigenvalue weighted by Crippen LogP contribution is -1.99. The Bertz CT molecular complexity index is 677. The van der Waals surface area contributed by atoms with Crippen molar-refractivity contribution in [3.63, 3.8) is 0 Å². The molecule has 100 valence electrons. The molecule has 0 atom stereocenters. The normalized spacial score (nSPS) is 10.4. The van der Waals surface area contributed by atoms with Gasteiger partial charge in [-0.1, -0.05) is 28.9 Å². The Hall–Kier alpha value is -2.69. The summed E-state index contributed by atoms with van der Waals surface area (Å²) in [7, 11) is 0. The maximum absolute atomic E-state index is 5.20. The fourth-order valence-electron chi connectivity index (χ4n) is 1.77. The van der Waals surface area contributed by atoms with Crippen LogP contribution in [0.2, 0.25) is 0 Å². The van der Waals surface area contributed by atoms with E-state index in [9.17, 15) is 0 Å². The number of rotatable bonds is 4. The summed E-state index contributed by atoms with van der Waals surface area (Å²) in [5.74, 6) is 1.04. The van der Waals surface area contributed by atoms with Gasteiger partial charge in [0.2, 0.25) is 11.7 Å². The molecule has 1 aromatic carbocycles. The molecule has 1 N–H and O–H groups in total. The Labute approximate surface area is 116 Å². The quantitative estimate of drug-likeness (QED) is 0.786. The number of aromatic nitrogens is 3. The van der Waals surface area contributed by atoms with E-state index in [1.807, 2.05) is 30.3 Å². The summed E-state index contributed by atoms with van der Waals surface area (Å²) in [5.41, 5.74) is 2.96. The molecule has 0 spiro atoms. The van der Waals surface area contributed by atoms with Crippen LogP contribution >= 0.6 is 0 Å². The minimum atomic E-state index is 0.489. The number of anilines is 1. The van der Waals surface area contributed by atoms with Gasteiger partial charge in [-0.3, -0.25) is 4.98 Å². The first-order valence-electron chi connectivity index (χ1n) is 6.36. The van der Waals surface area contributed by atoms with Gasteiger partial charge in [0.25, 0.3) is 0 Å². The molecule has 0 bridgehead atoms. The van der Waals surface area contributed by atoms with Crippen LogP contribution in [0.5, 0.6) is 0 Å². The summed E-state index contributed by atoms with van der Waals surface area (Å²) in [6.07, 6.45) is 1.70. The van der Waals surface area contributed by atoms with Gasteiger partial charge in [0.05, 0.1) is 6.54 Å². The second-order valence-electron chi connectivity index (χ2n) is 4.45. The highest BCUT2D eigenvalue weighted by atomic mass is 16.5. The Kier molecular flexibility index (Phi) is 3.41. The highest BCUT2D eigenvalue weighted by molar-refractivity contribution is 5.47. The number of pyridine rings is 1. The zero-order chi connectivity index (χ0) is 13.8. The van der Waals surface area contributed by atoms with Gasteiger partial charge in [0.15, 0.2) is 0 Å². The van der Waals surface area contributed by atoms with Gasteiger partial charge in [-0.25, -0.2) is 0 Å². The summed E-state index contributed by atoms with van der Waals surface area (Å²) < 4.78 is 5.20. The zero-order valence-corrected chi connectivity index (χ0v) is 11.1. The van der Waals surface area contributed by atoms with Crippen molar-refractivity contribution in [3.8, 4) is 11.5 Å². The van der Waals surface area contributed by atoms with Crippen molar-refractivity contribution in [2.24, 2.45) is 0 Å². The zero-order valence-electron chi connectivity index (χ0n) is 11.1. The van der Waals surface area contributed by atoms with E-state index in [2.05, 4.69) is 39.5 Å². The van der Waals surface area contributed by atoms with Crippen LogP contribution in [0.25, 0.3) is 11.5 Å². The second kappa shape index (κ2) is 5.52. The molecule has 2 aromatic heterocycles. The summed E-state index contributed by atoms with van der Waals surface area (Å²) in [4.78, 5) is 8.50. The largest absolute Gasteiger partial charge is 0.376 e. The number of hydrogen-bond acceptors (Lipinski definition) is 5. The summed E-state index contributed by atoms with van der Waals surface area (Å²) in [5, 5.41) is 7.16. The SMILES string of the molecule is Cc1ccc(NCc2nc(-c3ccccn3)no2)cc1. The Morgan fingerprint density at radius 2 is 1.95 bits per heavy atom. The molecule has 0 saturated heterocycles. The highest BCUT2D eigenvalue weighted by Crippen LogP contribution is 2.13. The highest BCUT2D eigenvalue weighted by Gasteiger charge is 2.08. The van der Waals surface area contributed by atoms with Crippen molar-refractivity contribution in [1.29, 1.82) is 0 Å². The third-order valence-electron chi connectivity index (χ3n) is 2.86. The molecular weight excluding hydrogens is 252 g/mol. The van der Waals surface area contributed by atoms with Crippen LogP contribution < -0.4 is 5.32 Å².